The monoisotopic (exact) mass is 278 g/mol. The number of aryl methyl sites for hydroxylation is 1. The minimum atomic E-state index is 0.417. The Balaban J connectivity index is 1.86. The van der Waals surface area contributed by atoms with Gasteiger partial charge in [0.1, 0.15) is 11.5 Å². The van der Waals surface area contributed by atoms with Gasteiger partial charge in [-0.3, -0.25) is 0 Å². The smallest absolute Gasteiger partial charge is 0.117 e. The van der Waals surface area contributed by atoms with Gasteiger partial charge < -0.3 is 14.6 Å². The summed E-state index contributed by atoms with van der Waals surface area (Å²) >= 11 is 1.81. The van der Waals surface area contributed by atoms with Crippen LogP contribution in [0.2, 0.25) is 0 Å². The second-order valence-electron chi connectivity index (χ2n) is 4.85. The van der Waals surface area contributed by atoms with E-state index in [0.717, 1.165) is 31.0 Å². The molecule has 0 saturated heterocycles. The van der Waals surface area contributed by atoms with Gasteiger partial charge in [-0.2, -0.15) is 0 Å². The molecular weight excluding hydrogens is 256 g/mol. The van der Waals surface area contributed by atoms with Gasteiger partial charge in [-0.15, -0.1) is 11.3 Å². The Morgan fingerprint density at radius 3 is 2.63 bits per heavy atom. The average molecular weight is 278 g/mol. The summed E-state index contributed by atoms with van der Waals surface area (Å²) in [5.41, 5.74) is 0. The lowest BCUT2D eigenvalue weighted by molar-refractivity contribution is 0.289. The maximum Gasteiger partial charge on any atom is 0.117 e. The lowest BCUT2D eigenvalue weighted by Crippen LogP contribution is -2.30. The summed E-state index contributed by atoms with van der Waals surface area (Å²) in [4.78, 5) is 3.64. The van der Waals surface area contributed by atoms with E-state index < -0.39 is 0 Å². The van der Waals surface area contributed by atoms with Gasteiger partial charge in [-0.1, -0.05) is 13.0 Å². The van der Waals surface area contributed by atoms with Crippen molar-refractivity contribution < 1.29 is 4.42 Å². The molecule has 0 fully saturated rings. The zero-order chi connectivity index (χ0) is 13.7. The van der Waals surface area contributed by atoms with Crippen molar-refractivity contribution in [3.05, 3.63) is 46.0 Å². The zero-order valence-electron chi connectivity index (χ0n) is 11.8. The van der Waals surface area contributed by atoms with E-state index in [4.69, 9.17) is 4.42 Å². The highest BCUT2D eigenvalue weighted by atomic mass is 32.1. The lowest BCUT2D eigenvalue weighted by atomic mass is 10.2. The van der Waals surface area contributed by atoms with Crippen molar-refractivity contribution >= 4 is 11.3 Å². The van der Waals surface area contributed by atoms with Crippen molar-refractivity contribution in [3.63, 3.8) is 0 Å². The van der Waals surface area contributed by atoms with Crippen LogP contribution in [0.15, 0.2) is 34.1 Å². The van der Waals surface area contributed by atoms with Crippen LogP contribution in [0.4, 0.5) is 0 Å². The van der Waals surface area contributed by atoms with Crippen molar-refractivity contribution in [3.8, 4) is 0 Å². The first-order chi connectivity index (χ1) is 9.20. The molecule has 2 aromatic heterocycles. The Morgan fingerprint density at radius 2 is 2.05 bits per heavy atom. The predicted molar refractivity (Wildman–Crippen MR) is 80.5 cm³/mol. The average Bonchev–Trinajstić information content (AvgIpc) is 3.05. The van der Waals surface area contributed by atoms with Gasteiger partial charge in [0, 0.05) is 17.8 Å². The number of hydrogen-bond donors (Lipinski definition) is 1. The van der Waals surface area contributed by atoms with E-state index in [9.17, 15) is 0 Å². The van der Waals surface area contributed by atoms with Crippen LogP contribution in [-0.4, -0.2) is 25.5 Å². The number of nitrogens with one attached hydrogen (secondary N) is 1. The van der Waals surface area contributed by atoms with E-state index in [0.29, 0.717) is 6.04 Å². The number of likely N-dealkylation sites (N-methyl/N-ethyl adjacent to an activating group) is 1. The SMILES string of the molecule is CCc1ccc(CNCC(c2cccs2)N(C)C)o1. The van der Waals surface area contributed by atoms with Gasteiger partial charge in [-0.05, 0) is 37.7 Å². The second-order valence-corrected chi connectivity index (χ2v) is 5.83. The highest BCUT2D eigenvalue weighted by Crippen LogP contribution is 2.22. The molecule has 1 N–H and O–H groups in total. The molecule has 0 aromatic carbocycles. The molecule has 4 heteroatoms. The van der Waals surface area contributed by atoms with Gasteiger partial charge in [-0.25, -0.2) is 0 Å². The number of nitrogens with zero attached hydrogens (tertiary/aromatic N) is 1. The minimum absolute atomic E-state index is 0.417. The van der Waals surface area contributed by atoms with Crippen molar-refractivity contribution in [2.45, 2.75) is 25.9 Å². The van der Waals surface area contributed by atoms with Gasteiger partial charge in [0.05, 0.1) is 12.6 Å². The van der Waals surface area contributed by atoms with Gasteiger partial charge in [0.25, 0.3) is 0 Å². The summed E-state index contributed by atoms with van der Waals surface area (Å²) in [6.45, 7) is 3.82. The summed E-state index contributed by atoms with van der Waals surface area (Å²) < 4.78 is 5.69. The van der Waals surface area contributed by atoms with E-state index >= 15 is 0 Å². The van der Waals surface area contributed by atoms with Gasteiger partial charge in [0.15, 0.2) is 0 Å². The molecule has 3 nitrogen and oxygen atoms in total. The molecule has 2 aromatic rings. The molecule has 0 aliphatic heterocycles. The largest absolute Gasteiger partial charge is 0.465 e. The fourth-order valence-electron chi connectivity index (χ4n) is 2.06. The Kier molecular flexibility index (Phi) is 5.19. The maximum atomic E-state index is 5.69. The third-order valence-electron chi connectivity index (χ3n) is 3.20. The van der Waals surface area contributed by atoms with Crippen LogP contribution >= 0.6 is 11.3 Å². The van der Waals surface area contributed by atoms with Crippen LogP contribution in [-0.2, 0) is 13.0 Å². The summed E-state index contributed by atoms with van der Waals surface area (Å²) in [5, 5.41) is 5.61. The minimum Gasteiger partial charge on any atom is -0.465 e. The van der Waals surface area contributed by atoms with Crippen molar-refractivity contribution in [2.24, 2.45) is 0 Å². The Bertz CT molecular complexity index is 476. The molecule has 0 amide bonds. The summed E-state index contributed by atoms with van der Waals surface area (Å²) in [6.07, 6.45) is 0.954. The molecule has 19 heavy (non-hydrogen) atoms. The Morgan fingerprint density at radius 1 is 1.26 bits per heavy atom. The molecule has 0 bridgehead atoms. The molecule has 2 heterocycles. The molecular formula is C15H22N2OS. The van der Waals surface area contributed by atoms with E-state index in [2.05, 4.69) is 60.9 Å². The third-order valence-corrected chi connectivity index (χ3v) is 4.17. The Labute approximate surface area is 119 Å². The zero-order valence-corrected chi connectivity index (χ0v) is 12.7. The molecule has 0 spiro atoms. The summed E-state index contributed by atoms with van der Waals surface area (Å²) in [5.74, 6) is 2.07. The van der Waals surface area contributed by atoms with E-state index in [1.165, 1.54) is 4.88 Å². The van der Waals surface area contributed by atoms with E-state index in [-0.39, 0.29) is 0 Å². The van der Waals surface area contributed by atoms with Crippen molar-refractivity contribution in [1.29, 1.82) is 0 Å². The molecule has 0 aliphatic rings. The van der Waals surface area contributed by atoms with Gasteiger partial charge in [0.2, 0.25) is 0 Å². The normalized spacial score (nSPS) is 13.1. The van der Waals surface area contributed by atoms with Crippen LogP contribution < -0.4 is 5.32 Å². The highest BCUT2D eigenvalue weighted by molar-refractivity contribution is 7.10. The molecule has 0 saturated carbocycles. The van der Waals surface area contributed by atoms with Crippen LogP contribution in [0.25, 0.3) is 0 Å². The van der Waals surface area contributed by atoms with Gasteiger partial charge >= 0.3 is 0 Å². The first-order valence-electron chi connectivity index (χ1n) is 6.68. The highest BCUT2D eigenvalue weighted by Gasteiger charge is 2.14. The van der Waals surface area contributed by atoms with Crippen LogP contribution in [0.1, 0.15) is 29.4 Å². The summed E-state index contributed by atoms with van der Waals surface area (Å²) in [6, 6.07) is 8.83. The number of rotatable bonds is 7. The quantitative estimate of drug-likeness (QED) is 0.842. The predicted octanol–water partition coefficient (Wildman–Crippen LogP) is 3.30. The standard InChI is InChI=1S/C15H22N2OS/c1-4-12-7-8-13(18-12)10-16-11-14(17(2)3)15-6-5-9-19-15/h5-9,14,16H,4,10-11H2,1-3H3. The molecule has 1 unspecified atom stereocenters. The molecule has 104 valence electrons. The molecule has 0 radical (unpaired) electrons. The van der Waals surface area contributed by atoms with E-state index in [1.807, 2.05) is 11.3 Å². The first-order valence-corrected chi connectivity index (χ1v) is 7.56. The maximum absolute atomic E-state index is 5.69. The fraction of sp³-hybridized carbons (Fsp3) is 0.467. The van der Waals surface area contributed by atoms with Crippen LogP contribution in [0.5, 0.6) is 0 Å². The molecule has 1 atom stereocenters. The fourth-order valence-corrected chi connectivity index (χ4v) is 2.98. The number of hydrogen-bond acceptors (Lipinski definition) is 4. The van der Waals surface area contributed by atoms with Crippen molar-refractivity contribution in [1.82, 2.24) is 10.2 Å². The lowest BCUT2D eigenvalue weighted by Gasteiger charge is -2.23. The third kappa shape index (κ3) is 3.93. The number of furan rings is 1. The van der Waals surface area contributed by atoms with Crippen LogP contribution in [0, 0.1) is 0 Å². The Hall–Kier alpha value is -1.10. The molecule has 0 aliphatic carbocycles. The van der Waals surface area contributed by atoms with E-state index in [1.54, 1.807) is 0 Å². The van der Waals surface area contributed by atoms with Crippen molar-refractivity contribution in [2.75, 3.05) is 20.6 Å². The topological polar surface area (TPSA) is 28.4 Å². The molecule has 2 rings (SSSR count). The summed E-state index contributed by atoms with van der Waals surface area (Å²) in [7, 11) is 4.24. The first kappa shape index (κ1) is 14.3. The van der Waals surface area contributed by atoms with Crippen LogP contribution in [0.3, 0.4) is 0 Å². The number of thiophene rings is 1. The second kappa shape index (κ2) is 6.89.